The monoisotopic (exact) mass is 313 g/mol. The molecule has 2 aliphatic carbocycles. The fourth-order valence-corrected chi connectivity index (χ4v) is 5.36. The van der Waals surface area contributed by atoms with Crippen LogP contribution in [0.25, 0.3) is 0 Å². The van der Waals surface area contributed by atoms with Crippen molar-refractivity contribution in [3.63, 3.8) is 0 Å². The molecule has 1 N–H and O–H groups in total. The van der Waals surface area contributed by atoms with Gasteiger partial charge in [-0.3, -0.25) is 0 Å². The average molecular weight is 314 g/mol. The standard InChI is InChI=1S/C14H20BrNS/c1-3-16-13(11-7-8(2)14(15)17-11)12-9-5-4-6-10(9)12/h7,9-10,12-13,16H,3-6H2,1-2H3. The lowest BCUT2D eigenvalue weighted by Crippen LogP contribution is -2.23. The summed E-state index contributed by atoms with van der Waals surface area (Å²) in [4.78, 5) is 1.54. The zero-order valence-corrected chi connectivity index (χ0v) is 12.9. The molecule has 3 unspecified atom stereocenters. The van der Waals surface area contributed by atoms with Gasteiger partial charge in [-0.15, -0.1) is 11.3 Å². The highest BCUT2D eigenvalue weighted by atomic mass is 79.9. The van der Waals surface area contributed by atoms with E-state index in [9.17, 15) is 0 Å². The summed E-state index contributed by atoms with van der Waals surface area (Å²) in [6.45, 7) is 5.50. The maximum Gasteiger partial charge on any atom is 0.0731 e. The Hall–Kier alpha value is 0.140. The quantitative estimate of drug-likeness (QED) is 0.862. The van der Waals surface area contributed by atoms with E-state index in [2.05, 4.69) is 41.2 Å². The van der Waals surface area contributed by atoms with Crippen LogP contribution in [0, 0.1) is 24.7 Å². The van der Waals surface area contributed by atoms with Crippen LogP contribution in [0.3, 0.4) is 0 Å². The largest absolute Gasteiger partial charge is 0.309 e. The third kappa shape index (κ3) is 2.11. The highest BCUT2D eigenvalue weighted by Crippen LogP contribution is 2.62. The number of halogens is 1. The SMILES string of the molecule is CCNC(c1cc(C)c(Br)s1)C1C2CCCC21. The second-order valence-corrected chi connectivity index (χ2v) is 7.88. The Morgan fingerprint density at radius 3 is 2.71 bits per heavy atom. The zero-order chi connectivity index (χ0) is 12.0. The van der Waals surface area contributed by atoms with E-state index in [1.54, 1.807) is 0 Å². The van der Waals surface area contributed by atoms with Gasteiger partial charge in [-0.05, 0) is 71.6 Å². The van der Waals surface area contributed by atoms with Crippen molar-refractivity contribution in [2.75, 3.05) is 6.54 Å². The van der Waals surface area contributed by atoms with Crippen molar-refractivity contribution in [1.82, 2.24) is 5.32 Å². The van der Waals surface area contributed by atoms with Crippen molar-refractivity contribution in [2.24, 2.45) is 17.8 Å². The number of nitrogens with one attached hydrogen (secondary N) is 1. The molecular formula is C14H20BrNS. The molecule has 0 amide bonds. The minimum Gasteiger partial charge on any atom is -0.309 e. The molecule has 94 valence electrons. The van der Waals surface area contributed by atoms with Crippen LogP contribution < -0.4 is 5.32 Å². The van der Waals surface area contributed by atoms with Crippen molar-refractivity contribution in [2.45, 2.75) is 39.2 Å². The highest BCUT2D eigenvalue weighted by Gasteiger charge is 2.56. The third-order valence-electron chi connectivity index (χ3n) is 4.46. The van der Waals surface area contributed by atoms with Gasteiger partial charge in [-0.25, -0.2) is 0 Å². The summed E-state index contributed by atoms with van der Waals surface area (Å²) < 4.78 is 1.31. The van der Waals surface area contributed by atoms with Gasteiger partial charge in [0, 0.05) is 10.9 Å². The van der Waals surface area contributed by atoms with Gasteiger partial charge in [0.1, 0.15) is 0 Å². The lowest BCUT2D eigenvalue weighted by molar-refractivity contribution is 0.431. The van der Waals surface area contributed by atoms with E-state index in [1.165, 1.54) is 33.5 Å². The van der Waals surface area contributed by atoms with Crippen LogP contribution in [-0.4, -0.2) is 6.54 Å². The normalized spacial score (nSPS) is 32.5. The summed E-state index contributed by atoms with van der Waals surface area (Å²) in [6, 6.07) is 2.99. The molecule has 3 heteroatoms. The predicted molar refractivity (Wildman–Crippen MR) is 77.5 cm³/mol. The lowest BCUT2D eigenvalue weighted by Gasteiger charge is -2.18. The smallest absolute Gasteiger partial charge is 0.0731 e. The van der Waals surface area contributed by atoms with E-state index < -0.39 is 0 Å². The lowest BCUT2D eigenvalue weighted by atomic mass is 10.0. The molecule has 1 nitrogen and oxygen atoms in total. The molecule has 1 aromatic heterocycles. The molecule has 0 aliphatic heterocycles. The minimum absolute atomic E-state index is 0.616. The van der Waals surface area contributed by atoms with Crippen LogP contribution in [0.1, 0.15) is 42.7 Å². The maximum absolute atomic E-state index is 3.72. The maximum atomic E-state index is 3.72. The first kappa shape index (κ1) is 12.2. The Labute approximate surface area is 116 Å². The van der Waals surface area contributed by atoms with E-state index in [-0.39, 0.29) is 0 Å². The van der Waals surface area contributed by atoms with E-state index >= 15 is 0 Å². The second kappa shape index (κ2) is 4.67. The van der Waals surface area contributed by atoms with Gasteiger partial charge in [0.2, 0.25) is 0 Å². The Morgan fingerprint density at radius 2 is 2.18 bits per heavy atom. The fraction of sp³-hybridized carbons (Fsp3) is 0.714. The molecule has 0 spiro atoms. The van der Waals surface area contributed by atoms with Crippen molar-refractivity contribution in [3.05, 3.63) is 20.3 Å². The fourth-order valence-electron chi connectivity index (χ4n) is 3.65. The number of thiophene rings is 1. The van der Waals surface area contributed by atoms with Crippen molar-refractivity contribution in [3.8, 4) is 0 Å². The molecule has 2 saturated carbocycles. The van der Waals surface area contributed by atoms with Crippen LogP contribution in [0.5, 0.6) is 0 Å². The van der Waals surface area contributed by atoms with E-state index in [0.29, 0.717) is 6.04 Å². The van der Waals surface area contributed by atoms with Crippen LogP contribution in [0.4, 0.5) is 0 Å². The summed E-state index contributed by atoms with van der Waals surface area (Å²) in [5, 5.41) is 3.72. The molecule has 1 aromatic rings. The summed E-state index contributed by atoms with van der Waals surface area (Å²) in [6.07, 6.45) is 4.42. The minimum atomic E-state index is 0.616. The third-order valence-corrected chi connectivity index (χ3v) is 6.68. The van der Waals surface area contributed by atoms with Gasteiger partial charge in [-0.1, -0.05) is 13.3 Å². The predicted octanol–water partition coefficient (Wildman–Crippen LogP) is 4.52. The molecule has 2 aliphatic rings. The molecule has 3 rings (SSSR count). The van der Waals surface area contributed by atoms with Crippen LogP contribution >= 0.6 is 27.3 Å². The second-order valence-electron chi connectivity index (χ2n) is 5.48. The van der Waals surface area contributed by atoms with Crippen molar-refractivity contribution >= 4 is 27.3 Å². The van der Waals surface area contributed by atoms with Crippen LogP contribution in [-0.2, 0) is 0 Å². The summed E-state index contributed by atoms with van der Waals surface area (Å²) >= 11 is 5.58. The molecule has 1 heterocycles. The van der Waals surface area contributed by atoms with Crippen molar-refractivity contribution < 1.29 is 0 Å². The average Bonchev–Trinajstić information content (AvgIpc) is 2.66. The van der Waals surface area contributed by atoms with Gasteiger partial charge in [-0.2, -0.15) is 0 Å². The van der Waals surface area contributed by atoms with E-state index in [4.69, 9.17) is 0 Å². The number of hydrogen-bond donors (Lipinski definition) is 1. The van der Waals surface area contributed by atoms with Gasteiger partial charge >= 0.3 is 0 Å². The Morgan fingerprint density at radius 1 is 1.47 bits per heavy atom. The molecule has 2 fully saturated rings. The number of hydrogen-bond acceptors (Lipinski definition) is 2. The summed E-state index contributed by atoms with van der Waals surface area (Å²) in [5.74, 6) is 2.98. The van der Waals surface area contributed by atoms with E-state index in [0.717, 1.165) is 24.3 Å². The van der Waals surface area contributed by atoms with Gasteiger partial charge in [0.05, 0.1) is 3.79 Å². The summed E-state index contributed by atoms with van der Waals surface area (Å²) in [7, 11) is 0. The van der Waals surface area contributed by atoms with Gasteiger partial charge in [0.25, 0.3) is 0 Å². The van der Waals surface area contributed by atoms with Gasteiger partial charge < -0.3 is 5.32 Å². The molecule has 0 aromatic carbocycles. The number of fused-ring (bicyclic) bond motifs is 1. The first-order chi connectivity index (χ1) is 8.22. The van der Waals surface area contributed by atoms with Gasteiger partial charge in [0.15, 0.2) is 0 Å². The molecular weight excluding hydrogens is 294 g/mol. The zero-order valence-electron chi connectivity index (χ0n) is 10.5. The Bertz CT molecular complexity index is 385. The molecule has 3 atom stereocenters. The van der Waals surface area contributed by atoms with Crippen LogP contribution in [0.15, 0.2) is 9.85 Å². The first-order valence-corrected chi connectivity index (χ1v) is 8.32. The van der Waals surface area contributed by atoms with E-state index in [1.807, 2.05) is 11.3 Å². The number of aryl methyl sites for hydroxylation is 1. The van der Waals surface area contributed by atoms with Crippen LogP contribution in [0.2, 0.25) is 0 Å². The number of rotatable bonds is 4. The molecule has 0 bridgehead atoms. The molecule has 17 heavy (non-hydrogen) atoms. The summed E-state index contributed by atoms with van der Waals surface area (Å²) in [5.41, 5.74) is 1.39. The molecule has 0 radical (unpaired) electrons. The molecule has 0 saturated heterocycles. The first-order valence-electron chi connectivity index (χ1n) is 6.71. The van der Waals surface area contributed by atoms with Crippen molar-refractivity contribution in [1.29, 1.82) is 0 Å². The highest BCUT2D eigenvalue weighted by molar-refractivity contribution is 9.11. The Balaban J connectivity index is 1.80. The Kier molecular flexibility index (Phi) is 3.35. The topological polar surface area (TPSA) is 12.0 Å².